The van der Waals surface area contributed by atoms with Crippen LogP contribution in [0.4, 0.5) is 0 Å². The molecular formula is C19H25N3O3. The van der Waals surface area contributed by atoms with Gasteiger partial charge in [0.25, 0.3) is 5.91 Å². The Morgan fingerprint density at radius 3 is 2.76 bits per heavy atom. The summed E-state index contributed by atoms with van der Waals surface area (Å²) in [6.45, 7) is 6.60. The molecule has 134 valence electrons. The van der Waals surface area contributed by atoms with Crippen LogP contribution in [0.1, 0.15) is 54.7 Å². The number of furan rings is 1. The number of Topliss-reactive ketones (excluding diaryl/α,β-unsaturated/α-hetero) is 1. The van der Waals surface area contributed by atoms with E-state index in [1.165, 1.54) is 0 Å². The van der Waals surface area contributed by atoms with Gasteiger partial charge < -0.3 is 9.32 Å². The van der Waals surface area contributed by atoms with E-state index in [9.17, 15) is 9.59 Å². The van der Waals surface area contributed by atoms with Crippen LogP contribution < -0.4 is 0 Å². The second-order valence-electron chi connectivity index (χ2n) is 7.11. The van der Waals surface area contributed by atoms with Crippen LogP contribution in [0.2, 0.25) is 0 Å². The standard InChI is InChI=1S/C19H25N3O3/c1-12(2)13(3)22(11-15-6-5-9-25-15)19(24)18-16-10-14(23)7-8-17(16)21(4)20-18/h5-6,9,12-13H,7-8,10-11H2,1-4H3/t13-/m0/s1. The lowest BCUT2D eigenvalue weighted by Crippen LogP contribution is -2.41. The molecule has 1 aliphatic carbocycles. The number of hydrogen-bond donors (Lipinski definition) is 0. The third-order valence-corrected chi connectivity index (χ3v) is 5.12. The summed E-state index contributed by atoms with van der Waals surface area (Å²) < 4.78 is 7.19. The molecule has 0 radical (unpaired) electrons. The molecule has 6 heteroatoms. The number of aromatic nitrogens is 2. The highest BCUT2D eigenvalue weighted by atomic mass is 16.3. The molecule has 2 heterocycles. The van der Waals surface area contributed by atoms with Crippen molar-refractivity contribution >= 4 is 11.7 Å². The van der Waals surface area contributed by atoms with Gasteiger partial charge in [-0.1, -0.05) is 13.8 Å². The van der Waals surface area contributed by atoms with Crippen LogP contribution in [0.25, 0.3) is 0 Å². The molecule has 0 bridgehead atoms. The lowest BCUT2D eigenvalue weighted by molar-refractivity contribution is -0.118. The zero-order valence-corrected chi connectivity index (χ0v) is 15.3. The van der Waals surface area contributed by atoms with Crippen molar-refractivity contribution in [1.29, 1.82) is 0 Å². The molecule has 25 heavy (non-hydrogen) atoms. The Bertz CT molecular complexity index is 774. The first-order valence-electron chi connectivity index (χ1n) is 8.78. The summed E-state index contributed by atoms with van der Waals surface area (Å²) in [5.74, 6) is 1.06. The van der Waals surface area contributed by atoms with E-state index in [1.807, 2.05) is 26.1 Å². The summed E-state index contributed by atoms with van der Waals surface area (Å²) in [7, 11) is 1.84. The maximum atomic E-state index is 13.3. The molecular weight excluding hydrogens is 318 g/mol. The van der Waals surface area contributed by atoms with Gasteiger partial charge in [-0.2, -0.15) is 5.10 Å². The van der Waals surface area contributed by atoms with E-state index in [1.54, 1.807) is 15.8 Å². The molecule has 2 aromatic heterocycles. The fourth-order valence-electron chi connectivity index (χ4n) is 3.28. The van der Waals surface area contributed by atoms with E-state index < -0.39 is 0 Å². The van der Waals surface area contributed by atoms with Gasteiger partial charge >= 0.3 is 0 Å². The lowest BCUT2D eigenvalue weighted by atomic mass is 9.94. The van der Waals surface area contributed by atoms with Crippen LogP contribution in [0.15, 0.2) is 22.8 Å². The Morgan fingerprint density at radius 1 is 1.36 bits per heavy atom. The van der Waals surface area contributed by atoms with Crippen molar-refractivity contribution in [2.24, 2.45) is 13.0 Å². The van der Waals surface area contributed by atoms with E-state index in [2.05, 4.69) is 18.9 Å². The van der Waals surface area contributed by atoms with E-state index in [-0.39, 0.29) is 17.7 Å². The molecule has 0 saturated carbocycles. The Kier molecular flexibility index (Phi) is 4.79. The molecule has 1 aliphatic rings. The molecule has 0 spiro atoms. The van der Waals surface area contributed by atoms with Crippen LogP contribution in [0, 0.1) is 5.92 Å². The molecule has 1 amide bonds. The highest BCUT2D eigenvalue weighted by Crippen LogP contribution is 2.25. The fraction of sp³-hybridized carbons (Fsp3) is 0.526. The van der Waals surface area contributed by atoms with Gasteiger partial charge in [-0.15, -0.1) is 0 Å². The zero-order chi connectivity index (χ0) is 18.1. The quantitative estimate of drug-likeness (QED) is 0.837. The van der Waals surface area contributed by atoms with Gasteiger partial charge in [-0.05, 0) is 31.4 Å². The first-order valence-corrected chi connectivity index (χ1v) is 8.78. The summed E-state index contributed by atoms with van der Waals surface area (Å²) in [5.41, 5.74) is 2.20. The normalized spacial score (nSPS) is 15.3. The molecule has 0 aromatic carbocycles. The van der Waals surface area contributed by atoms with Gasteiger partial charge in [0.1, 0.15) is 11.5 Å². The average molecular weight is 343 g/mol. The largest absolute Gasteiger partial charge is 0.467 e. The van der Waals surface area contributed by atoms with Gasteiger partial charge in [0, 0.05) is 37.2 Å². The minimum Gasteiger partial charge on any atom is -0.467 e. The van der Waals surface area contributed by atoms with Crippen LogP contribution in [-0.4, -0.2) is 32.4 Å². The summed E-state index contributed by atoms with van der Waals surface area (Å²) >= 11 is 0. The van der Waals surface area contributed by atoms with E-state index in [4.69, 9.17) is 4.42 Å². The molecule has 2 aromatic rings. The van der Waals surface area contributed by atoms with E-state index >= 15 is 0 Å². The van der Waals surface area contributed by atoms with Gasteiger partial charge in [0.2, 0.25) is 0 Å². The molecule has 0 saturated heterocycles. The number of carbonyl (C=O) groups excluding carboxylic acids is 2. The number of aryl methyl sites for hydroxylation is 1. The molecule has 3 rings (SSSR count). The van der Waals surface area contributed by atoms with Gasteiger partial charge in [0.15, 0.2) is 5.69 Å². The SMILES string of the molecule is CC(C)[C@H](C)N(Cc1ccco1)C(=O)c1nn(C)c2c1CC(=O)CC2. The molecule has 0 fully saturated rings. The molecule has 6 nitrogen and oxygen atoms in total. The Labute approximate surface area is 147 Å². The van der Waals surface area contributed by atoms with Crippen molar-refractivity contribution in [3.05, 3.63) is 41.1 Å². The van der Waals surface area contributed by atoms with Gasteiger partial charge in [-0.3, -0.25) is 14.3 Å². The predicted octanol–water partition coefficient (Wildman–Crippen LogP) is 2.76. The number of ketones is 1. The minimum atomic E-state index is -0.135. The lowest BCUT2D eigenvalue weighted by Gasteiger charge is -2.31. The zero-order valence-electron chi connectivity index (χ0n) is 15.3. The van der Waals surface area contributed by atoms with E-state index in [0.29, 0.717) is 37.4 Å². The maximum Gasteiger partial charge on any atom is 0.275 e. The summed E-state index contributed by atoms with van der Waals surface area (Å²) in [4.78, 5) is 27.0. The first-order chi connectivity index (χ1) is 11.9. The summed E-state index contributed by atoms with van der Waals surface area (Å²) in [5, 5.41) is 4.46. The Morgan fingerprint density at radius 2 is 2.12 bits per heavy atom. The van der Waals surface area contributed by atoms with Gasteiger partial charge in [0.05, 0.1) is 12.8 Å². The van der Waals surface area contributed by atoms with Crippen molar-refractivity contribution in [1.82, 2.24) is 14.7 Å². The van der Waals surface area contributed by atoms with Crippen LogP contribution in [0.5, 0.6) is 0 Å². The molecule has 0 N–H and O–H groups in total. The molecule has 0 aliphatic heterocycles. The minimum absolute atomic E-state index is 0.0227. The Hall–Kier alpha value is -2.37. The predicted molar refractivity (Wildman–Crippen MR) is 93.1 cm³/mol. The van der Waals surface area contributed by atoms with Crippen molar-refractivity contribution in [2.45, 2.75) is 52.6 Å². The van der Waals surface area contributed by atoms with Crippen molar-refractivity contribution < 1.29 is 14.0 Å². The summed E-state index contributed by atoms with van der Waals surface area (Å²) in [6.07, 6.45) is 3.09. The van der Waals surface area contributed by atoms with Crippen LogP contribution in [0.3, 0.4) is 0 Å². The maximum absolute atomic E-state index is 13.3. The topological polar surface area (TPSA) is 68.3 Å². The highest BCUT2D eigenvalue weighted by molar-refractivity contribution is 5.96. The fourth-order valence-corrected chi connectivity index (χ4v) is 3.28. The van der Waals surface area contributed by atoms with Crippen molar-refractivity contribution in [3.63, 3.8) is 0 Å². The summed E-state index contributed by atoms with van der Waals surface area (Å²) in [6, 6.07) is 3.71. The number of amides is 1. The van der Waals surface area contributed by atoms with E-state index in [0.717, 1.165) is 17.0 Å². The van der Waals surface area contributed by atoms with Crippen molar-refractivity contribution in [2.75, 3.05) is 0 Å². The highest BCUT2D eigenvalue weighted by Gasteiger charge is 2.32. The number of rotatable bonds is 5. The average Bonchev–Trinajstić information content (AvgIpc) is 3.19. The first kappa shape index (κ1) is 17.5. The van der Waals surface area contributed by atoms with Crippen molar-refractivity contribution in [3.8, 4) is 0 Å². The number of hydrogen-bond acceptors (Lipinski definition) is 4. The molecule has 1 atom stereocenters. The second kappa shape index (κ2) is 6.86. The molecule has 0 unspecified atom stereocenters. The number of fused-ring (bicyclic) bond motifs is 1. The smallest absolute Gasteiger partial charge is 0.275 e. The van der Waals surface area contributed by atoms with Gasteiger partial charge in [-0.25, -0.2) is 0 Å². The number of carbonyl (C=O) groups is 2. The Balaban J connectivity index is 1.96. The third kappa shape index (κ3) is 3.38. The van der Waals surface area contributed by atoms with Crippen LogP contribution >= 0.6 is 0 Å². The third-order valence-electron chi connectivity index (χ3n) is 5.12. The monoisotopic (exact) mass is 343 g/mol. The number of nitrogens with zero attached hydrogens (tertiary/aromatic N) is 3. The van der Waals surface area contributed by atoms with Crippen LogP contribution in [-0.2, 0) is 31.2 Å². The second-order valence-corrected chi connectivity index (χ2v) is 7.11.